The normalized spacial score (nSPS) is 10.3. The molecule has 0 aliphatic heterocycles. The van der Waals surface area contributed by atoms with Gasteiger partial charge in [0.1, 0.15) is 0 Å². The minimum Gasteiger partial charge on any atom is -0.550 e. The van der Waals surface area contributed by atoms with Crippen LogP contribution in [-0.2, 0) is 29.1 Å². The molecule has 0 amide bonds. The number of aliphatic carboxylic acids is 2. The Morgan fingerprint density at radius 3 is 0.714 bits per heavy atom. The molecule has 0 spiro atoms. The summed E-state index contributed by atoms with van der Waals surface area (Å²) in [6.45, 7) is 4.50. The molecular weight excluding hydrogens is 490 g/mol. The monoisotopic (exact) mass is 546 g/mol. The van der Waals surface area contributed by atoms with Gasteiger partial charge in [0, 0.05) is 11.9 Å². The first-order valence-electron chi connectivity index (χ1n) is 14.9. The number of carboxylic acids is 2. The number of unbranched alkanes of at least 4 members (excludes halogenated alkanes) is 22. The van der Waals surface area contributed by atoms with Gasteiger partial charge in [-0.15, -0.1) is 0 Å². The van der Waals surface area contributed by atoms with E-state index in [2.05, 4.69) is 13.8 Å². The smallest absolute Gasteiger partial charge is 0.550 e. The summed E-state index contributed by atoms with van der Waals surface area (Å²) in [7, 11) is 0. The second kappa shape index (κ2) is 35.7. The van der Waals surface area contributed by atoms with Crippen LogP contribution in [0.5, 0.6) is 0 Å². The minimum absolute atomic E-state index is 0. The van der Waals surface area contributed by atoms with Crippen molar-refractivity contribution < 1.29 is 39.3 Å². The number of hydrogen-bond donors (Lipinski definition) is 0. The van der Waals surface area contributed by atoms with E-state index in [0.717, 1.165) is 25.7 Å². The van der Waals surface area contributed by atoms with Crippen molar-refractivity contribution in [3.8, 4) is 0 Å². The van der Waals surface area contributed by atoms with E-state index in [1.54, 1.807) is 0 Å². The molecule has 0 aromatic heterocycles. The Bertz CT molecular complexity index is 415. The third kappa shape index (κ3) is 44.0. The van der Waals surface area contributed by atoms with Gasteiger partial charge in [-0.05, 0) is 25.7 Å². The van der Waals surface area contributed by atoms with Crippen LogP contribution >= 0.6 is 0 Å². The van der Waals surface area contributed by atoms with Crippen molar-refractivity contribution in [2.24, 2.45) is 0 Å². The summed E-state index contributed by atoms with van der Waals surface area (Å²) in [6, 6.07) is 0. The van der Waals surface area contributed by atoms with Crippen LogP contribution in [0.1, 0.15) is 181 Å². The van der Waals surface area contributed by atoms with E-state index in [-0.39, 0.29) is 32.3 Å². The Morgan fingerprint density at radius 1 is 0.371 bits per heavy atom. The van der Waals surface area contributed by atoms with Crippen molar-refractivity contribution >= 4 is 11.9 Å². The number of hydrogen-bond acceptors (Lipinski definition) is 4. The van der Waals surface area contributed by atoms with E-state index in [1.165, 1.54) is 128 Å². The average Bonchev–Trinajstić information content (AvgIpc) is 2.80. The summed E-state index contributed by atoms with van der Waals surface area (Å²) < 4.78 is 0. The molecule has 0 saturated carbocycles. The SMILES string of the molecule is CCCCCCCCCCCCCC(=O)[O-].CCCCCCCCCCCCCCCC(=O)[O-].[Zn+2]. The van der Waals surface area contributed by atoms with Crippen LogP contribution in [0.2, 0.25) is 0 Å². The molecule has 0 rings (SSSR count). The van der Waals surface area contributed by atoms with Crippen LogP contribution in [0.4, 0.5) is 0 Å². The fourth-order valence-electron chi connectivity index (χ4n) is 4.22. The van der Waals surface area contributed by atoms with Gasteiger partial charge in [0.25, 0.3) is 0 Å². The van der Waals surface area contributed by atoms with Crippen LogP contribution < -0.4 is 10.2 Å². The number of carbonyl (C=O) groups is 2. The van der Waals surface area contributed by atoms with Gasteiger partial charge in [-0.25, -0.2) is 0 Å². The summed E-state index contributed by atoms with van der Waals surface area (Å²) in [5, 5.41) is 20.3. The van der Waals surface area contributed by atoms with Crippen molar-refractivity contribution in [3.63, 3.8) is 0 Å². The molecule has 204 valence electrons. The van der Waals surface area contributed by atoms with E-state index in [0.29, 0.717) is 0 Å². The van der Waals surface area contributed by atoms with Crippen molar-refractivity contribution in [1.82, 2.24) is 0 Å². The maximum absolute atomic E-state index is 10.2. The van der Waals surface area contributed by atoms with E-state index < -0.39 is 11.9 Å². The van der Waals surface area contributed by atoms with Gasteiger partial charge in [-0.2, -0.15) is 0 Å². The van der Waals surface area contributed by atoms with Gasteiger partial charge in [0.05, 0.1) is 0 Å². The van der Waals surface area contributed by atoms with Crippen molar-refractivity contribution in [2.75, 3.05) is 0 Å². The average molecular weight is 548 g/mol. The maximum Gasteiger partial charge on any atom is 2.00 e. The molecule has 35 heavy (non-hydrogen) atoms. The Kier molecular flexibility index (Phi) is 39.9. The fourth-order valence-corrected chi connectivity index (χ4v) is 4.22. The number of rotatable bonds is 26. The third-order valence-electron chi connectivity index (χ3n) is 6.47. The first-order chi connectivity index (χ1) is 16.5. The molecule has 4 nitrogen and oxygen atoms in total. The molecule has 0 heterocycles. The zero-order valence-electron chi connectivity index (χ0n) is 23.7. The quantitative estimate of drug-likeness (QED) is 0.0822. The largest absolute Gasteiger partial charge is 2.00 e. The molecule has 0 unspecified atom stereocenters. The number of carbonyl (C=O) groups excluding carboxylic acids is 2. The Balaban J connectivity index is -0.000000573. The summed E-state index contributed by atoms with van der Waals surface area (Å²) in [5.41, 5.74) is 0. The molecule has 0 N–H and O–H groups in total. The predicted molar refractivity (Wildman–Crippen MR) is 141 cm³/mol. The van der Waals surface area contributed by atoms with Crippen molar-refractivity contribution in [2.45, 2.75) is 181 Å². The van der Waals surface area contributed by atoms with Crippen LogP contribution in [-0.4, -0.2) is 11.9 Å². The Labute approximate surface area is 231 Å². The predicted octanol–water partition coefficient (Wildman–Crippen LogP) is 7.65. The van der Waals surface area contributed by atoms with Gasteiger partial charge in [0.2, 0.25) is 0 Å². The van der Waals surface area contributed by atoms with E-state index in [4.69, 9.17) is 0 Å². The first kappa shape index (κ1) is 39.1. The van der Waals surface area contributed by atoms with Crippen molar-refractivity contribution in [3.05, 3.63) is 0 Å². The van der Waals surface area contributed by atoms with Crippen LogP contribution in [0.15, 0.2) is 0 Å². The van der Waals surface area contributed by atoms with E-state index in [9.17, 15) is 19.8 Å². The molecule has 0 aliphatic carbocycles. The minimum atomic E-state index is -0.907. The fraction of sp³-hybridized carbons (Fsp3) is 0.933. The molecule has 0 aromatic rings. The van der Waals surface area contributed by atoms with Gasteiger partial charge in [-0.1, -0.05) is 155 Å². The van der Waals surface area contributed by atoms with E-state index >= 15 is 0 Å². The topological polar surface area (TPSA) is 80.3 Å². The summed E-state index contributed by atoms with van der Waals surface area (Å²) in [4.78, 5) is 20.3. The maximum atomic E-state index is 10.2. The summed E-state index contributed by atoms with van der Waals surface area (Å²) in [5.74, 6) is -1.81. The Hall–Kier alpha value is -0.437. The molecular formula is C30H58O4Zn. The molecule has 0 aliphatic rings. The zero-order valence-corrected chi connectivity index (χ0v) is 26.7. The molecule has 0 fully saturated rings. The molecule has 0 radical (unpaired) electrons. The van der Waals surface area contributed by atoms with Gasteiger partial charge >= 0.3 is 19.5 Å². The van der Waals surface area contributed by atoms with Crippen LogP contribution in [0.25, 0.3) is 0 Å². The second-order valence-corrected chi connectivity index (χ2v) is 10.0. The molecule has 0 atom stereocenters. The first-order valence-corrected chi connectivity index (χ1v) is 14.9. The van der Waals surface area contributed by atoms with Crippen LogP contribution in [0, 0.1) is 0 Å². The van der Waals surface area contributed by atoms with Gasteiger partial charge in [0.15, 0.2) is 0 Å². The molecule has 5 heteroatoms. The Morgan fingerprint density at radius 2 is 0.543 bits per heavy atom. The van der Waals surface area contributed by atoms with Crippen molar-refractivity contribution in [1.29, 1.82) is 0 Å². The summed E-state index contributed by atoms with van der Waals surface area (Å²) in [6.07, 6.45) is 31.0. The standard InChI is InChI=1S/C16H32O2.C14H28O2.Zn/c1-2-3-4-5-6-7-8-9-10-11-12-13-14-15-16(17)18;1-2-3-4-5-6-7-8-9-10-11-12-13-14(15)16;/h2-15H2,1H3,(H,17,18);2-13H2,1H3,(H,15,16);/q;;+2/p-2. The molecule has 0 aromatic carbocycles. The van der Waals surface area contributed by atoms with Gasteiger partial charge in [-0.3, -0.25) is 0 Å². The molecule has 0 bridgehead atoms. The van der Waals surface area contributed by atoms with Gasteiger partial charge < -0.3 is 19.8 Å². The van der Waals surface area contributed by atoms with E-state index in [1.807, 2.05) is 0 Å². The van der Waals surface area contributed by atoms with Crippen LogP contribution in [0.3, 0.4) is 0 Å². The number of carboxylic acid groups (broad SMARTS) is 2. The molecule has 0 saturated heterocycles. The zero-order chi connectivity index (χ0) is 25.5. The second-order valence-electron chi connectivity index (χ2n) is 10.0. The third-order valence-corrected chi connectivity index (χ3v) is 6.47. The summed E-state index contributed by atoms with van der Waals surface area (Å²) >= 11 is 0.